The fraction of sp³-hybridized carbons (Fsp3) is 0.111. The second kappa shape index (κ2) is 6.55. The minimum Gasteiger partial charge on any atom is -0.497 e. The summed E-state index contributed by atoms with van der Waals surface area (Å²) in [4.78, 5) is 27.4. The van der Waals surface area contributed by atoms with Crippen molar-refractivity contribution >= 4 is 28.3 Å². The number of Topliss-reactive ketones (excluding diaryl/α,β-unsaturated/α-hetero) is 1. The molecule has 0 saturated heterocycles. The van der Waals surface area contributed by atoms with Crippen molar-refractivity contribution in [3.8, 4) is 5.75 Å². The number of anilines is 1. The first kappa shape index (κ1) is 17.5. The third-order valence-corrected chi connectivity index (χ3v) is 3.81. The molecule has 1 aromatic heterocycles. The lowest BCUT2D eigenvalue weighted by atomic mass is 10.1. The number of fused-ring (bicyclic) bond motifs is 1. The highest BCUT2D eigenvalue weighted by molar-refractivity contribution is 6.48. The van der Waals surface area contributed by atoms with E-state index in [1.807, 2.05) is 0 Å². The van der Waals surface area contributed by atoms with Gasteiger partial charge in [-0.3, -0.25) is 9.59 Å². The summed E-state index contributed by atoms with van der Waals surface area (Å²) in [6.07, 6.45) is -3.07. The van der Waals surface area contributed by atoms with Gasteiger partial charge in [-0.2, -0.15) is 13.2 Å². The molecule has 3 aromatic rings. The number of hydrogen-bond donors (Lipinski definition) is 2. The van der Waals surface area contributed by atoms with Gasteiger partial charge >= 0.3 is 6.18 Å². The average Bonchev–Trinajstić information content (AvgIpc) is 3.03. The van der Waals surface area contributed by atoms with Crippen LogP contribution in [0.15, 0.2) is 48.7 Å². The molecule has 2 aromatic carbocycles. The molecular weight excluding hydrogens is 349 g/mol. The van der Waals surface area contributed by atoms with Gasteiger partial charge in [0.05, 0.1) is 18.2 Å². The Bertz CT molecular complexity index is 976. The van der Waals surface area contributed by atoms with Crippen molar-refractivity contribution in [3.63, 3.8) is 0 Å². The number of alkyl halides is 3. The SMILES string of the molecule is COc1ccc2[nH]cc(C(=O)C(=O)Nc3ccc(C(F)(F)F)cc3)c2c1. The molecule has 1 heterocycles. The Morgan fingerprint density at radius 1 is 1.08 bits per heavy atom. The Morgan fingerprint density at radius 2 is 1.77 bits per heavy atom. The molecule has 0 spiro atoms. The predicted octanol–water partition coefficient (Wildman–Crippen LogP) is 4.02. The average molecular weight is 362 g/mol. The van der Waals surface area contributed by atoms with E-state index in [4.69, 9.17) is 4.74 Å². The van der Waals surface area contributed by atoms with Gasteiger partial charge in [0.2, 0.25) is 0 Å². The first-order valence-corrected chi connectivity index (χ1v) is 7.47. The van der Waals surface area contributed by atoms with Crippen molar-refractivity contribution < 1.29 is 27.5 Å². The van der Waals surface area contributed by atoms with Crippen LogP contribution in [-0.4, -0.2) is 23.8 Å². The summed E-state index contributed by atoms with van der Waals surface area (Å²) >= 11 is 0. The molecule has 134 valence electrons. The maximum atomic E-state index is 12.6. The van der Waals surface area contributed by atoms with Gasteiger partial charge in [-0.25, -0.2) is 0 Å². The number of amides is 1. The summed E-state index contributed by atoms with van der Waals surface area (Å²) in [5.41, 5.74) is 0.0408. The van der Waals surface area contributed by atoms with Gasteiger partial charge in [0.1, 0.15) is 5.75 Å². The smallest absolute Gasteiger partial charge is 0.416 e. The summed E-state index contributed by atoms with van der Waals surface area (Å²) in [6.45, 7) is 0. The molecule has 8 heteroatoms. The first-order chi connectivity index (χ1) is 12.3. The molecule has 0 aliphatic carbocycles. The number of benzene rings is 2. The fourth-order valence-electron chi connectivity index (χ4n) is 2.47. The Kier molecular flexibility index (Phi) is 4.41. The van der Waals surface area contributed by atoms with Crippen molar-refractivity contribution in [2.75, 3.05) is 12.4 Å². The number of aromatic nitrogens is 1. The highest BCUT2D eigenvalue weighted by Gasteiger charge is 2.30. The minimum absolute atomic E-state index is 0.0915. The van der Waals surface area contributed by atoms with Crippen molar-refractivity contribution in [1.29, 1.82) is 0 Å². The van der Waals surface area contributed by atoms with Crippen LogP contribution in [0.25, 0.3) is 10.9 Å². The molecule has 5 nitrogen and oxygen atoms in total. The number of ether oxygens (including phenoxy) is 1. The maximum Gasteiger partial charge on any atom is 0.416 e. The van der Waals surface area contributed by atoms with Crippen molar-refractivity contribution in [1.82, 2.24) is 4.98 Å². The number of carbonyl (C=O) groups is 2. The third-order valence-electron chi connectivity index (χ3n) is 3.81. The van der Waals surface area contributed by atoms with Crippen LogP contribution in [0.4, 0.5) is 18.9 Å². The number of rotatable bonds is 4. The van der Waals surface area contributed by atoms with Crippen molar-refractivity contribution in [2.24, 2.45) is 0 Å². The van der Waals surface area contributed by atoms with Crippen LogP contribution >= 0.6 is 0 Å². The minimum atomic E-state index is -4.47. The molecule has 2 N–H and O–H groups in total. The standard InChI is InChI=1S/C18H13F3N2O3/c1-26-12-6-7-15-13(8-12)14(9-22-15)16(24)17(25)23-11-4-2-10(3-5-11)18(19,20)21/h2-9,22H,1H3,(H,23,25). The predicted molar refractivity (Wildman–Crippen MR) is 89.3 cm³/mol. The molecule has 0 bridgehead atoms. The van der Waals surface area contributed by atoms with Gasteiger partial charge in [-0.15, -0.1) is 0 Å². The van der Waals surface area contributed by atoms with E-state index in [-0.39, 0.29) is 11.3 Å². The molecule has 0 fully saturated rings. The summed E-state index contributed by atoms with van der Waals surface area (Å²) in [6, 6.07) is 8.87. The third kappa shape index (κ3) is 3.39. The molecular formula is C18H13F3N2O3. The quantitative estimate of drug-likeness (QED) is 0.544. The van der Waals surface area contributed by atoms with Crippen LogP contribution in [0.3, 0.4) is 0 Å². The van der Waals surface area contributed by atoms with E-state index in [1.165, 1.54) is 13.3 Å². The fourth-order valence-corrected chi connectivity index (χ4v) is 2.47. The number of halogens is 3. The Hall–Kier alpha value is -3.29. The van der Waals surface area contributed by atoms with Crippen LogP contribution in [0, 0.1) is 0 Å². The van der Waals surface area contributed by atoms with E-state index in [0.717, 1.165) is 24.3 Å². The number of carbonyl (C=O) groups excluding carboxylic acids is 2. The molecule has 0 radical (unpaired) electrons. The normalized spacial score (nSPS) is 11.4. The molecule has 1 amide bonds. The zero-order chi connectivity index (χ0) is 18.9. The second-order valence-electron chi connectivity index (χ2n) is 5.47. The highest BCUT2D eigenvalue weighted by Crippen LogP contribution is 2.30. The summed E-state index contributed by atoms with van der Waals surface area (Å²) in [7, 11) is 1.48. The van der Waals surface area contributed by atoms with Crippen LogP contribution in [0.2, 0.25) is 0 Å². The van der Waals surface area contributed by atoms with Gasteiger partial charge in [0, 0.05) is 22.8 Å². The van der Waals surface area contributed by atoms with Crippen LogP contribution in [-0.2, 0) is 11.0 Å². The number of hydrogen-bond acceptors (Lipinski definition) is 3. The Morgan fingerprint density at radius 3 is 2.38 bits per heavy atom. The largest absolute Gasteiger partial charge is 0.497 e. The number of nitrogens with one attached hydrogen (secondary N) is 2. The van der Waals surface area contributed by atoms with Crippen molar-refractivity contribution in [3.05, 3.63) is 59.8 Å². The number of methoxy groups -OCH3 is 1. The summed E-state index contributed by atoms with van der Waals surface area (Å²) < 4.78 is 42.8. The molecule has 0 aliphatic heterocycles. The van der Waals surface area contributed by atoms with Gasteiger partial charge in [0.25, 0.3) is 11.7 Å². The number of ketones is 1. The zero-order valence-electron chi connectivity index (χ0n) is 13.5. The van der Waals surface area contributed by atoms with Crippen LogP contribution in [0.1, 0.15) is 15.9 Å². The van der Waals surface area contributed by atoms with Crippen LogP contribution in [0.5, 0.6) is 5.75 Å². The second-order valence-corrected chi connectivity index (χ2v) is 5.47. The molecule has 0 atom stereocenters. The lowest BCUT2D eigenvalue weighted by Crippen LogP contribution is -2.22. The van der Waals surface area contributed by atoms with E-state index < -0.39 is 23.4 Å². The molecule has 3 rings (SSSR count). The molecule has 0 aliphatic rings. The van der Waals surface area contributed by atoms with Gasteiger partial charge in [-0.05, 0) is 42.5 Å². The monoisotopic (exact) mass is 362 g/mol. The zero-order valence-corrected chi connectivity index (χ0v) is 13.5. The number of H-pyrrole nitrogens is 1. The molecule has 26 heavy (non-hydrogen) atoms. The van der Waals surface area contributed by atoms with Crippen molar-refractivity contribution in [2.45, 2.75) is 6.18 Å². The summed E-state index contributed by atoms with van der Waals surface area (Å²) in [5, 5.41) is 2.81. The Balaban J connectivity index is 1.81. The first-order valence-electron chi connectivity index (χ1n) is 7.47. The molecule has 0 saturated carbocycles. The van der Waals surface area contributed by atoms with E-state index >= 15 is 0 Å². The van der Waals surface area contributed by atoms with Gasteiger partial charge in [-0.1, -0.05) is 0 Å². The topological polar surface area (TPSA) is 71.2 Å². The Labute approximate surface area is 145 Å². The van der Waals surface area contributed by atoms with E-state index in [2.05, 4.69) is 10.3 Å². The van der Waals surface area contributed by atoms with E-state index in [0.29, 0.717) is 16.7 Å². The molecule has 0 unspecified atom stereocenters. The lowest BCUT2D eigenvalue weighted by molar-refractivity contribution is -0.137. The maximum absolute atomic E-state index is 12.6. The van der Waals surface area contributed by atoms with E-state index in [9.17, 15) is 22.8 Å². The lowest BCUT2D eigenvalue weighted by Gasteiger charge is -2.08. The van der Waals surface area contributed by atoms with Gasteiger partial charge < -0.3 is 15.0 Å². The summed E-state index contributed by atoms with van der Waals surface area (Å²) in [5.74, 6) is -1.24. The van der Waals surface area contributed by atoms with E-state index in [1.54, 1.807) is 18.2 Å². The number of aromatic amines is 1. The van der Waals surface area contributed by atoms with Gasteiger partial charge in [0.15, 0.2) is 0 Å². The van der Waals surface area contributed by atoms with Crippen LogP contribution < -0.4 is 10.1 Å². The highest BCUT2D eigenvalue weighted by atomic mass is 19.4.